The van der Waals surface area contributed by atoms with Crippen LogP contribution in [-0.2, 0) is 22.9 Å². The molecule has 1 atom stereocenters. The Kier molecular flexibility index (Phi) is 4.73. The van der Waals surface area contributed by atoms with E-state index in [2.05, 4.69) is 25.5 Å². The molecule has 3 aromatic rings. The van der Waals surface area contributed by atoms with Gasteiger partial charge in [0.2, 0.25) is 0 Å². The number of sulfonamides is 1. The van der Waals surface area contributed by atoms with E-state index >= 15 is 0 Å². The van der Waals surface area contributed by atoms with Gasteiger partial charge in [-0.3, -0.25) is 4.72 Å². The lowest BCUT2D eigenvalue weighted by Crippen LogP contribution is -2.26. The molecule has 29 heavy (non-hydrogen) atoms. The largest absolute Gasteiger partial charge is 0.461 e. The highest BCUT2D eigenvalue weighted by Crippen LogP contribution is 2.41. The molecule has 1 aromatic heterocycles. The van der Waals surface area contributed by atoms with Gasteiger partial charge in [-0.25, -0.2) is 12.8 Å². The van der Waals surface area contributed by atoms with Gasteiger partial charge < -0.3 is 4.42 Å². The number of nitrogens with one attached hydrogen (secondary N) is 1. The lowest BCUT2D eigenvalue weighted by atomic mass is 9.71. The van der Waals surface area contributed by atoms with E-state index in [1.165, 1.54) is 17.7 Å². The van der Waals surface area contributed by atoms with Gasteiger partial charge >= 0.3 is 0 Å². The average molecular weight is 416 g/mol. The highest BCUT2D eigenvalue weighted by molar-refractivity contribution is 7.92. The Hall–Kier alpha value is -2.34. The molecule has 0 spiro atoms. The maximum atomic E-state index is 13.4. The van der Waals surface area contributed by atoms with Crippen molar-refractivity contribution in [2.75, 3.05) is 4.72 Å². The van der Waals surface area contributed by atoms with Gasteiger partial charge in [0.25, 0.3) is 10.0 Å². The Morgan fingerprint density at radius 3 is 2.59 bits per heavy atom. The highest BCUT2D eigenvalue weighted by Gasteiger charge is 2.31. The first-order valence-corrected chi connectivity index (χ1v) is 11.4. The monoisotopic (exact) mass is 415 g/mol. The van der Waals surface area contributed by atoms with Crippen LogP contribution in [0.2, 0.25) is 0 Å². The Labute approximate surface area is 171 Å². The number of rotatable bonds is 3. The minimum atomic E-state index is -3.82. The number of hydrogen-bond donors (Lipinski definition) is 1. The first kappa shape index (κ1) is 20.0. The predicted molar refractivity (Wildman–Crippen MR) is 113 cm³/mol. The molecule has 4 nitrogen and oxygen atoms in total. The van der Waals surface area contributed by atoms with E-state index in [1.807, 2.05) is 12.1 Å². The molecule has 154 valence electrons. The summed E-state index contributed by atoms with van der Waals surface area (Å²) in [7, 11) is -3.82. The molecule has 1 aliphatic rings. The molecule has 0 unspecified atom stereocenters. The lowest BCUT2D eigenvalue weighted by Gasteiger charge is -2.33. The third kappa shape index (κ3) is 3.78. The zero-order valence-electron chi connectivity index (χ0n) is 17.2. The molecule has 0 fully saturated rings. The van der Waals surface area contributed by atoms with Crippen molar-refractivity contribution in [3.8, 4) is 0 Å². The molecule has 0 saturated carbocycles. The van der Waals surface area contributed by atoms with Gasteiger partial charge in [-0.05, 0) is 73.1 Å². The summed E-state index contributed by atoms with van der Waals surface area (Å²) in [6.45, 7) is 8.36. The molecule has 1 aliphatic carbocycles. The van der Waals surface area contributed by atoms with Crippen LogP contribution in [-0.4, -0.2) is 8.42 Å². The summed E-state index contributed by atoms with van der Waals surface area (Å²) in [5.74, 6) is 1.11. The maximum Gasteiger partial charge on any atom is 0.262 e. The number of anilines is 1. The normalized spacial score (nSPS) is 17.3. The second kappa shape index (κ2) is 6.87. The molecule has 0 amide bonds. The fourth-order valence-electron chi connectivity index (χ4n) is 4.21. The fourth-order valence-corrected chi connectivity index (χ4v) is 5.48. The molecular formula is C23H26FNO3S. The maximum absolute atomic E-state index is 13.4. The average Bonchev–Trinajstić information content (AvgIpc) is 2.97. The zero-order valence-corrected chi connectivity index (χ0v) is 18.0. The number of hydrogen-bond acceptors (Lipinski definition) is 3. The van der Waals surface area contributed by atoms with E-state index in [4.69, 9.17) is 4.42 Å². The molecule has 4 rings (SSSR count). The molecule has 1 N–H and O–H groups in total. The Bertz CT molecular complexity index is 1190. The smallest absolute Gasteiger partial charge is 0.262 e. The zero-order chi connectivity index (χ0) is 21.0. The number of fused-ring (bicyclic) bond motifs is 3. The highest BCUT2D eigenvalue weighted by atomic mass is 32.2. The van der Waals surface area contributed by atoms with E-state index in [9.17, 15) is 12.8 Å². The van der Waals surface area contributed by atoms with Crippen molar-refractivity contribution in [1.82, 2.24) is 0 Å². The molecule has 6 heteroatoms. The van der Waals surface area contributed by atoms with Crippen LogP contribution < -0.4 is 4.72 Å². The summed E-state index contributed by atoms with van der Waals surface area (Å²) in [5.41, 5.74) is 3.02. The second-order valence-electron chi connectivity index (χ2n) is 9.04. The molecule has 0 saturated heterocycles. The lowest BCUT2D eigenvalue weighted by molar-refractivity contribution is 0.210. The summed E-state index contributed by atoms with van der Waals surface area (Å²) in [6, 6.07) is 9.03. The van der Waals surface area contributed by atoms with Crippen LogP contribution in [0, 0.1) is 24.1 Å². The summed E-state index contributed by atoms with van der Waals surface area (Å²) >= 11 is 0. The van der Waals surface area contributed by atoms with Crippen LogP contribution in [0.3, 0.4) is 0 Å². The summed E-state index contributed by atoms with van der Waals surface area (Å²) in [4.78, 5) is 0.0704. The van der Waals surface area contributed by atoms with Crippen LogP contribution in [0.15, 0.2) is 45.7 Å². The number of benzene rings is 2. The Morgan fingerprint density at radius 1 is 1.14 bits per heavy atom. The number of halogens is 1. The summed E-state index contributed by atoms with van der Waals surface area (Å²) < 4.78 is 47.7. The van der Waals surface area contributed by atoms with E-state index in [-0.39, 0.29) is 10.3 Å². The third-order valence-corrected chi connectivity index (χ3v) is 7.49. The van der Waals surface area contributed by atoms with Gasteiger partial charge in [0.1, 0.15) is 17.2 Å². The molecule has 2 aromatic carbocycles. The van der Waals surface area contributed by atoms with Crippen molar-refractivity contribution in [2.24, 2.45) is 11.3 Å². The van der Waals surface area contributed by atoms with Crippen LogP contribution in [0.4, 0.5) is 10.1 Å². The van der Waals surface area contributed by atoms with Crippen LogP contribution >= 0.6 is 0 Å². The van der Waals surface area contributed by atoms with Gasteiger partial charge in [-0.1, -0.05) is 20.8 Å². The predicted octanol–water partition coefficient (Wildman–Crippen LogP) is 5.83. The summed E-state index contributed by atoms with van der Waals surface area (Å²) in [6.07, 6.45) is 2.93. The van der Waals surface area contributed by atoms with E-state index in [1.54, 1.807) is 13.0 Å². The number of furan rings is 1. The summed E-state index contributed by atoms with van der Waals surface area (Å²) in [5, 5.41) is 0.963. The fraction of sp³-hybridized carbons (Fsp3) is 0.391. The van der Waals surface area contributed by atoms with Crippen LogP contribution in [0.1, 0.15) is 44.1 Å². The van der Waals surface area contributed by atoms with E-state index in [0.29, 0.717) is 17.2 Å². The quantitative estimate of drug-likeness (QED) is 0.585. The molecule has 1 heterocycles. The van der Waals surface area contributed by atoms with Gasteiger partial charge in [0, 0.05) is 23.1 Å². The van der Waals surface area contributed by atoms with Crippen molar-refractivity contribution < 1.29 is 17.2 Å². The molecule has 0 radical (unpaired) electrons. The Morgan fingerprint density at radius 2 is 1.90 bits per heavy atom. The van der Waals surface area contributed by atoms with Crippen LogP contribution in [0.5, 0.6) is 0 Å². The van der Waals surface area contributed by atoms with E-state index < -0.39 is 15.8 Å². The first-order valence-electron chi connectivity index (χ1n) is 9.88. The standard InChI is InChI=1S/C23H26FNO3S/c1-14-11-16(24)6-10-22(14)29(26,27)25-17-7-9-21-19(13-17)18-12-15(23(2,3)4)5-8-20(18)28-21/h6-7,9-11,13,15,25H,5,8,12H2,1-4H3/t15-/m0/s1. The van der Waals surface area contributed by atoms with Crippen molar-refractivity contribution in [3.63, 3.8) is 0 Å². The van der Waals surface area contributed by atoms with Gasteiger partial charge in [-0.2, -0.15) is 0 Å². The molecular weight excluding hydrogens is 389 g/mol. The van der Waals surface area contributed by atoms with Crippen molar-refractivity contribution in [1.29, 1.82) is 0 Å². The van der Waals surface area contributed by atoms with Crippen molar-refractivity contribution >= 4 is 26.7 Å². The Balaban J connectivity index is 1.69. The van der Waals surface area contributed by atoms with Gasteiger partial charge in [0.05, 0.1) is 4.90 Å². The first-order chi connectivity index (χ1) is 13.5. The van der Waals surface area contributed by atoms with Crippen LogP contribution in [0.25, 0.3) is 11.0 Å². The van der Waals surface area contributed by atoms with Gasteiger partial charge in [0.15, 0.2) is 0 Å². The topological polar surface area (TPSA) is 59.3 Å². The number of aryl methyl sites for hydroxylation is 2. The van der Waals surface area contributed by atoms with E-state index in [0.717, 1.165) is 42.1 Å². The third-order valence-electron chi connectivity index (χ3n) is 5.95. The van der Waals surface area contributed by atoms with Gasteiger partial charge in [-0.15, -0.1) is 0 Å². The second-order valence-corrected chi connectivity index (χ2v) is 10.7. The molecule has 0 aliphatic heterocycles. The van der Waals surface area contributed by atoms with Crippen molar-refractivity contribution in [3.05, 3.63) is 59.1 Å². The molecule has 0 bridgehead atoms. The SMILES string of the molecule is Cc1cc(F)ccc1S(=O)(=O)Nc1ccc2oc3c(c2c1)C[C@@H](C(C)(C)C)CC3. The minimum Gasteiger partial charge on any atom is -0.461 e. The minimum absolute atomic E-state index is 0.0704. The van der Waals surface area contributed by atoms with Crippen molar-refractivity contribution in [2.45, 2.75) is 51.9 Å².